The van der Waals surface area contributed by atoms with Crippen LogP contribution in [0, 0.1) is 11.8 Å². The molecule has 2 atom stereocenters. The third kappa shape index (κ3) is 4.62. The second kappa shape index (κ2) is 9.92. The largest absolute Gasteiger partial charge is 0.496 e. The van der Waals surface area contributed by atoms with Crippen molar-refractivity contribution in [2.75, 3.05) is 39.8 Å². The minimum atomic E-state index is -0.322. The van der Waals surface area contributed by atoms with Crippen LogP contribution < -0.4 is 4.74 Å². The monoisotopic (exact) mass is 441 g/mol. The summed E-state index contributed by atoms with van der Waals surface area (Å²) in [6.45, 7) is 5.09. The second-order valence-corrected chi connectivity index (χ2v) is 9.20. The van der Waals surface area contributed by atoms with E-state index in [1.165, 1.54) is 0 Å². The Balaban J connectivity index is 1.55. The molecule has 1 aromatic carbocycles. The van der Waals surface area contributed by atoms with Crippen LogP contribution in [0.4, 0.5) is 0 Å². The van der Waals surface area contributed by atoms with E-state index in [1.54, 1.807) is 7.11 Å². The molecule has 1 aromatic rings. The maximum Gasteiger partial charge on any atom is 0.228 e. The number of para-hydroxylation sites is 1. The van der Waals surface area contributed by atoms with Gasteiger partial charge in [0.2, 0.25) is 17.7 Å². The van der Waals surface area contributed by atoms with Gasteiger partial charge in [-0.1, -0.05) is 31.5 Å². The summed E-state index contributed by atoms with van der Waals surface area (Å²) < 4.78 is 5.62. The van der Waals surface area contributed by atoms with E-state index in [9.17, 15) is 14.4 Å². The molecule has 174 valence electrons. The van der Waals surface area contributed by atoms with Gasteiger partial charge in [0, 0.05) is 50.6 Å². The van der Waals surface area contributed by atoms with E-state index in [4.69, 9.17) is 4.74 Å². The summed E-state index contributed by atoms with van der Waals surface area (Å²) in [6, 6.07) is 7.41. The fourth-order valence-electron chi connectivity index (χ4n) is 5.07. The molecule has 0 unspecified atom stereocenters. The minimum absolute atomic E-state index is 0.0911. The van der Waals surface area contributed by atoms with Crippen LogP contribution in [0.15, 0.2) is 24.3 Å². The molecule has 0 spiro atoms. The Hall–Kier alpha value is -2.57. The van der Waals surface area contributed by atoms with Crippen molar-refractivity contribution in [3.63, 3.8) is 0 Å². The molecular formula is C25H35N3O4. The fourth-order valence-corrected chi connectivity index (χ4v) is 5.07. The Labute approximate surface area is 190 Å². The fraction of sp³-hybridized carbons (Fsp3) is 0.640. The molecule has 7 heteroatoms. The Kier molecular flexibility index (Phi) is 7.01. The lowest BCUT2D eigenvalue weighted by atomic mass is 9.82. The van der Waals surface area contributed by atoms with Gasteiger partial charge in [0.25, 0.3) is 0 Å². The number of ether oxygens (including phenoxy) is 1. The highest BCUT2D eigenvalue weighted by Crippen LogP contribution is 2.41. The minimum Gasteiger partial charge on any atom is -0.496 e. The lowest BCUT2D eigenvalue weighted by molar-refractivity contribution is -0.151. The molecule has 2 aliphatic heterocycles. The van der Waals surface area contributed by atoms with Gasteiger partial charge in [-0.15, -0.1) is 0 Å². The lowest BCUT2D eigenvalue weighted by Gasteiger charge is -2.44. The van der Waals surface area contributed by atoms with E-state index in [1.807, 2.05) is 39.0 Å². The van der Waals surface area contributed by atoms with Crippen LogP contribution in [-0.4, -0.2) is 72.3 Å². The highest BCUT2D eigenvalue weighted by molar-refractivity contribution is 5.86. The van der Waals surface area contributed by atoms with Gasteiger partial charge < -0.3 is 19.4 Å². The van der Waals surface area contributed by atoms with Crippen LogP contribution in [-0.2, 0) is 14.4 Å². The van der Waals surface area contributed by atoms with Crippen molar-refractivity contribution in [3.8, 4) is 5.75 Å². The van der Waals surface area contributed by atoms with Gasteiger partial charge in [-0.3, -0.25) is 14.4 Å². The molecule has 3 amide bonds. The zero-order valence-corrected chi connectivity index (χ0v) is 19.3. The highest BCUT2D eigenvalue weighted by atomic mass is 16.5. The third-order valence-corrected chi connectivity index (χ3v) is 7.06. The van der Waals surface area contributed by atoms with Crippen molar-refractivity contribution < 1.29 is 19.1 Å². The van der Waals surface area contributed by atoms with Gasteiger partial charge in [-0.2, -0.15) is 0 Å². The van der Waals surface area contributed by atoms with Crippen LogP contribution in [0.1, 0.15) is 57.1 Å². The first-order valence-corrected chi connectivity index (χ1v) is 12.0. The maximum absolute atomic E-state index is 13.7. The smallest absolute Gasteiger partial charge is 0.228 e. The molecular weight excluding hydrogens is 406 g/mol. The molecule has 3 aliphatic rings. The average molecular weight is 442 g/mol. The molecule has 0 bridgehead atoms. The second-order valence-electron chi connectivity index (χ2n) is 9.20. The van der Waals surface area contributed by atoms with Gasteiger partial charge in [0.15, 0.2) is 0 Å². The van der Waals surface area contributed by atoms with E-state index < -0.39 is 0 Å². The first-order valence-electron chi connectivity index (χ1n) is 12.0. The quantitative estimate of drug-likeness (QED) is 0.652. The summed E-state index contributed by atoms with van der Waals surface area (Å²) in [5.41, 5.74) is 0.903. The predicted octanol–water partition coefficient (Wildman–Crippen LogP) is 2.86. The number of piperazine rings is 1. The zero-order valence-electron chi connectivity index (χ0n) is 19.3. The van der Waals surface area contributed by atoms with Crippen LogP contribution in [0.2, 0.25) is 0 Å². The first-order chi connectivity index (χ1) is 15.5. The molecule has 2 saturated heterocycles. The van der Waals surface area contributed by atoms with E-state index in [0.717, 1.165) is 31.2 Å². The molecule has 0 aromatic heterocycles. The SMILES string of the molecule is CCCCN1C(=O)CC[C@H](C(=O)N2CCN(C(=O)C3CC3)CC2)[C@@H]1c1ccccc1OC. The van der Waals surface area contributed by atoms with Gasteiger partial charge in [0.1, 0.15) is 5.75 Å². The summed E-state index contributed by atoms with van der Waals surface area (Å²) in [4.78, 5) is 44.8. The third-order valence-electron chi connectivity index (χ3n) is 7.06. The number of amides is 3. The Bertz CT molecular complexity index is 845. The maximum atomic E-state index is 13.7. The highest BCUT2D eigenvalue weighted by Gasteiger charge is 2.44. The summed E-state index contributed by atoms with van der Waals surface area (Å²) in [7, 11) is 1.63. The number of methoxy groups -OCH3 is 1. The molecule has 0 radical (unpaired) electrons. The van der Waals surface area contributed by atoms with Crippen molar-refractivity contribution in [2.24, 2.45) is 11.8 Å². The van der Waals surface area contributed by atoms with Gasteiger partial charge in [-0.05, 0) is 31.7 Å². The molecule has 4 rings (SSSR count). The van der Waals surface area contributed by atoms with Gasteiger partial charge >= 0.3 is 0 Å². The van der Waals surface area contributed by atoms with E-state index in [-0.39, 0.29) is 35.6 Å². The number of carbonyl (C=O) groups excluding carboxylic acids is 3. The molecule has 1 saturated carbocycles. The first kappa shape index (κ1) is 22.6. The van der Waals surface area contributed by atoms with Crippen LogP contribution in [0.25, 0.3) is 0 Å². The molecule has 1 aliphatic carbocycles. The lowest BCUT2D eigenvalue weighted by Crippen LogP contribution is -2.55. The van der Waals surface area contributed by atoms with Crippen LogP contribution in [0.3, 0.4) is 0 Å². The number of benzene rings is 1. The average Bonchev–Trinajstić information content (AvgIpc) is 3.68. The number of rotatable bonds is 7. The standard InChI is InChI=1S/C25H35N3O4/c1-3-4-13-28-22(29)12-11-20(23(28)19-7-5-6-8-21(19)32-2)25(31)27-16-14-26(15-17-27)24(30)18-9-10-18/h5-8,18,20,23H,3-4,9-17H2,1-2H3/t20-,23-/m0/s1. The molecule has 7 nitrogen and oxygen atoms in total. The number of hydrogen-bond donors (Lipinski definition) is 0. The van der Waals surface area contributed by atoms with E-state index >= 15 is 0 Å². The van der Waals surface area contributed by atoms with Crippen molar-refractivity contribution in [1.29, 1.82) is 0 Å². The molecule has 2 heterocycles. The number of carbonyl (C=O) groups is 3. The summed E-state index contributed by atoms with van der Waals surface area (Å²) in [5, 5.41) is 0. The van der Waals surface area contributed by atoms with Crippen molar-refractivity contribution in [1.82, 2.24) is 14.7 Å². The number of likely N-dealkylation sites (tertiary alicyclic amines) is 1. The number of nitrogens with zero attached hydrogens (tertiary/aromatic N) is 3. The summed E-state index contributed by atoms with van der Waals surface area (Å²) >= 11 is 0. The van der Waals surface area contributed by atoms with Crippen molar-refractivity contribution in [3.05, 3.63) is 29.8 Å². The van der Waals surface area contributed by atoms with E-state index in [0.29, 0.717) is 51.3 Å². The molecule has 3 fully saturated rings. The van der Waals surface area contributed by atoms with Gasteiger partial charge in [-0.25, -0.2) is 0 Å². The normalized spacial score (nSPS) is 23.9. The summed E-state index contributed by atoms with van der Waals surface area (Å²) in [5.74, 6) is 1.08. The van der Waals surface area contributed by atoms with Crippen molar-refractivity contribution in [2.45, 2.75) is 51.5 Å². The molecule has 32 heavy (non-hydrogen) atoms. The molecule has 0 N–H and O–H groups in total. The van der Waals surface area contributed by atoms with E-state index in [2.05, 4.69) is 6.92 Å². The summed E-state index contributed by atoms with van der Waals surface area (Å²) in [6.07, 6.45) is 4.83. The van der Waals surface area contributed by atoms with Crippen molar-refractivity contribution >= 4 is 17.7 Å². The Morgan fingerprint density at radius 3 is 2.28 bits per heavy atom. The number of hydrogen-bond acceptors (Lipinski definition) is 4. The zero-order chi connectivity index (χ0) is 22.7. The predicted molar refractivity (Wildman–Crippen MR) is 121 cm³/mol. The topological polar surface area (TPSA) is 70.2 Å². The van der Waals surface area contributed by atoms with Crippen LogP contribution in [0.5, 0.6) is 5.75 Å². The Morgan fingerprint density at radius 1 is 1.00 bits per heavy atom. The van der Waals surface area contributed by atoms with Crippen LogP contribution >= 0.6 is 0 Å². The van der Waals surface area contributed by atoms with Gasteiger partial charge in [0.05, 0.1) is 19.1 Å². The Morgan fingerprint density at radius 2 is 1.66 bits per heavy atom. The number of unbranched alkanes of at least 4 members (excludes halogenated alkanes) is 1. The number of piperidine rings is 1.